The number of hydrogen-bond donors (Lipinski definition) is 3. The van der Waals surface area contributed by atoms with Gasteiger partial charge in [0.15, 0.2) is 0 Å². The lowest BCUT2D eigenvalue weighted by molar-refractivity contribution is 0.100. The Kier molecular flexibility index (Phi) is 6.01. The van der Waals surface area contributed by atoms with E-state index in [0.29, 0.717) is 18.1 Å². The van der Waals surface area contributed by atoms with Gasteiger partial charge in [0.2, 0.25) is 5.95 Å². The van der Waals surface area contributed by atoms with Gasteiger partial charge in [-0.25, -0.2) is 0 Å². The summed E-state index contributed by atoms with van der Waals surface area (Å²) in [5, 5.41) is 7.72. The molecule has 0 saturated carbocycles. The summed E-state index contributed by atoms with van der Waals surface area (Å²) in [4.78, 5) is 21.9. The highest BCUT2D eigenvalue weighted by atomic mass is 35.5. The zero-order valence-corrected chi connectivity index (χ0v) is 18.6. The summed E-state index contributed by atoms with van der Waals surface area (Å²) in [6.45, 7) is 3.43. The Bertz CT molecular complexity index is 1280. The molecule has 0 bridgehead atoms. The summed E-state index contributed by atoms with van der Waals surface area (Å²) in [6, 6.07) is 17.9. The van der Waals surface area contributed by atoms with Gasteiger partial charge in [0.25, 0.3) is 5.91 Å². The van der Waals surface area contributed by atoms with Crippen molar-refractivity contribution in [3.8, 4) is 5.95 Å². The van der Waals surface area contributed by atoms with Gasteiger partial charge in [0, 0.05) is 29.7 Å². The van der Waals surface area contributed by atoms with E-state index in [-0.39, 0.29) is 12.4 Å². The summed E-state index contributed by atoms with van der Waals surface area (Å²) in [5.41, 5.74) is 10.1. The molecule has 0 fully saturated rings. The summed E-state index contributed by atoms with van der Waals surface area (Å²) < 4.78 is 1.92. The second kappa shape index (κ2) is 8.88. The Morgan fingerprint density at radius 2 is 1.88 bits per heavy atom. The van der Waals surface area contributed by atoms with Crippen LogP contribution in [-0.2, 0) is 13.0 Å². The number of aromatic nitrogens is 3. The molecule has 1 aliphatic rings. The van der Waals surface area contributed by atoms with Crippen molar-refractivity contribution in [2.24, 2.45) is 5.73 Å². The fourth-order valence-corrected chi connectivity index (χ4v) is 4.29. The molecule has 1 amide bonds. The third-order valence-corrected chi connectivity index (χ3v) is 5.75. The lowest BCUT2D eigenvalue weighted by Crippen LogP contribution is -2.19. The van der Waals surface area contributed by atoms with Gasteiger partial charge < -0.3 is 16.4 Å². The maximum Gasteiger partial charge on any atom is 0.251 e. The molecule has 0 radical (unpaired) electrons. The molecular weight excluding hydrogens is 424 g/mol. The Balaban J connectivity index is 0.00000245. The van der Waals surface area contributed by atoms with E-state index in [1.54, 1.807) is 0 Å². The van der Waals surface area contributed by atoms with Gasteiger partial charge in [-0.15, -0.1) is 12.4 Å². The molecule has 4 N–H and O–H groups in total. The average Bonchev–Trinajstić information content (AvgIpc) is 3.10. The quantitative estimate of drug-likeness (QED) is 0.424. The van der Waals surface area contributed by atoms with Gasteiger partial charge in [-0.1, -0.05) is 48.5 Å². The minimum Gasteiger partial charge on any atom is -0.370 e. The number of nitrogens with one attached hydrogen (secondary N) is 2. The minimum absolute atomic E-state index is 0. The van der Waals surface area contributed by atoms with Crippen molar-refractivity contribution in [3.05, 3.63) is 77.0 Å². The lowest BCUT2D eigenvalue weighted by Gasteiger charge is -2.22. The first-order valence-corrected chi connectivity index (χ1v) is 10.5. The van der Waals surface area contributed by atoms with Gasteiger partial charge in [0.1, 0.15) is 11.6 Å². The molecule has 0 unspecified atom stereocenters. The van der Waals surface area contributed by atoms with E-state index in [2.05, 4.69) is 22.8 Å². The van der Waals surface area contributed by atoms with Crippen LogP contribution in [0.25, 0.3) is 16.9 Å². The van der Waals surface area contributed by atoms with E-state index < -0.39 is 5.91 Å². The monoisotopic (exact) mass is 448 g/mol. The molecule has 3 heterocycles. The van der Waals surface area contributed by atoms with Crippen LogP contribution in [0.5, 0.6) is 0 Å². The zero-order chi connectivity index (χ0) is 21.4. The van der Waals surface area contributed by atoms with Crippen molar-refractivity contribution < 1.29 is 4.79 Å². The van der Waals surface area contributed by atoms with Crippen LogP contribution >= 0.6 is 12.4 Å². The number of rotatable bonds is 5. The fraction of sp³-hybridized carbons (Fsp3) is 0.208. The first-order chi connectivity index (χ1) is 15.1. The van der Waals surface area contributed by atoms with Crippen LogP contribution in [0.3, 0.4) is 0 Å². The number of benzene rings is 2. The molecule has 2 aromatic carbocycles. The van der Waals surface area contributed by atoms with Crippen LogP contribution in [-0.4, -0.2) is 27.0 Å². The van der Waals surface area contributed by atoms with Crippen LogP contribution in [0.1, 0.15) is 33.6 Å². The Morgan fingerprint density at radius 3 is 2.66 bits per heavy atom. The van der Waals surface area contributed by atoms with E-state index in [4.69, 9.17) is 15.7 Å². The molecule has 5 rings (SSSR count). The van der Waals surface area contributed by atoms with E-state index in [1.807, 2.05) is 54.0 Å². The number of para-hydroxylation sites is 1. The molecule has 2 aromatic heterocycles. The summed E-state index contributed by atoms with van der Waals surface area (Å²) in [5.74, 6) is 1.72. The molecule has 4 aromatic rings. The number of amides is 1. The predicted molar refractivity (Wildman–Crippen MR) is 130 cm³/mol. The van der Waals surface area contributed by atoms with E-state index in [9.17, 15) is 4.79 Å². The Hall–Kier alpha value is -3.58. The van der Waals surface area contributed by atoms with Crippen LogP contribution in [0.2, 0.25) is 0 Å². The molecule has 0 aliphatic carbocycles. The van der Waals surface area contributed by atoms with Crippen molar-refractivity contribution in [2.45, 2.75) is 26.3 Å². The predicted octanol–water partition coefficient (Wildman–Crippen LogP) is 4.22. The number of nitrogens with two attached hydrogens (primary N) is 1. The first-order valence-electron chi connectivity index (χ1n) is 10.5. The zero-order valence-electron chi connectivity index (χ0n) is 17.8. The van der Waals surface area contributed by atoms with E-state index in [1.165, 1.54) is 5.56 Å². The van der Waals surface area contributed by atoms with Crippen molar-refractivity contribution in [1.82, 2.24) is 14.5 Å². The van der Waals surface area contributed by atoms with Crippen LogP contribution in [0, 0.1) is 6.92 Å². The maximum absolute atomic E-state index is 12.2. The topological polar surface area (TPSA) is 97.9 Å². The smallest absolute Gasteiger partial charge is 0.251 e. The molecular formula is C24H25ClN6O. The average molecular weight is 449 g/mol. The third kappa shape index (κ3) is 3.76. The second-order valence-corrected chi connectivity index (χ2v) is 7.75. The standard InChI is InChI=1S/C24H24N6O.ClH/c1-15-20(21(25)31)17-10-5-6-12-19(17)30(15)24-28-22-18(11-7-13-26-22)23(29-24)27-14-16-8-3-2-4-9-16;/h2-6,8-10,12H,7,11,13-14H2,1H3,(H2,25,31)(H2,26,27,28,29);1H. The minimum atomic E-state index is -0.453. The molecule has 32 heavy (non-hydrogen) atoms. The van der Waals surface area contributed by atoms with Crippen molar-refractivity contribution in [1.29, 1.82) is 0 Å². The maximum atomic E-state index is 12.2. The van der Waals surface area contributed by atoms with Gasteiger partial charge in [-0.2, -0.15) is 9.97 Å². The molecule has 0 atom stereocenters. The normalized spacial score (nSPS) is 12.5. The first kappa shape index (κ1) is 21.6. The largest absolute Gasteiger partial charge is 0.370 e. The van der Waals surface area contributed by atoms with Gasteiger partial charge in [-0.05, 0) is 31.4 Å². The van der Waals surface area contributed by atoms with E-state index >= 15 is 0 Å². The number of carbonyl (C=O) groups is 1. The van der Waals surface area contributed by atoms with Crippen molar-refractivity contribution >= 4 is 40.9 Å². The summed E-state index contributed by atoms with van der Waals surface area (Å²) in [6.07, 6.45) is 1.95. The van der Waals surface area contributed by atoms with Crippen molar-refractivity contribution in [3.63, 3.8) is 0 Å². The number of carbonyl (C=O) groups excluding carboxylic acids is 1. The number of hydrogen-bond acceptors (Lipinski definition) is 5. The molecule has 164 valence electrons. The number of primary amides is 1. The molecule has 0 saturated heterocycles. The van der Waals surface area contributed by atoms with Gasteiger partial charge in [0.05, 0.1) is 11.1 Å². The Labute approximate surface area is 192 Å². The summed E-state index contributed by atoms with van der Waals surface area (Å²) >= 11 is 0. The molecule has 8 heteroatoms. The highest BCUT2D eigenvalue weighted by Gasteiger charge is 2.23. The number of nitrogens with zero attached hydrogens (tertiary/aromatic N) is 3. The van der Waals surface area contributed by atoms with Gasteiger partial charge >= 0.3 is 0 Å². The van der Waals surface area contributed by atoms with Crippen LogP contribution in [0.15, 0.2) is 54.6 Å². The molecule has 1 aliphatic heterocycles. The number of halogens is 1. The number of fused-ring (bicyclic) bond motifs is 2. The SMILES string of the molecule is Cc1c(C(N)=O)c2ccccc2n1-c1nc2c(c(NCc3ccccc3)n1)CCCN2.Cl. The third-order valence-electron chi connectivity index (χ3n) is 5.75. The van der Waals surface area contributed by atoms with E-state index in [0.717, 1.165) is 53.2 Å². The summed E-state index contributed by atoms with van der Waals surface area (Å²) in [7, 11) is 0. The lowest BCUT2D eigenvalue weighted by atomic mass is 10.1. The van der Waals surface area contributed by atoms with Crippen LogP contribution < -0.4 is 16.4 Å². The Morgan fingerprint density at radius 1 is 1.12 bits per heavy atom. The highest BCUT2D eigenvalue weighted by Crippen LogP contribution is 2.32. The highest BCUT2D eigenvalue weighted by molar-refractivity contribution is 6.08. The second-order valence-electron chi connectivity index (χ2n) is 7.75. The number of anilines is 2. The molecule has 7 nitrogen and oxygen atoms in total. The van der Waals surface area contributed by atoms with Crippen molar-refractivity contribution in [2.75, 3.05) is 17.2 Å². The molecule has 0 spiro atoms. The van der Waals surface area contributed by atoms with Gasteiger partial charge in [-0.3, -0.25) is 9.36 Å². The fourth-order valence-electron chi connectivity index (χ4n) is 4.29. The van der Waals surface area contributed by atoms with Crippen LogP contribution in [0.4, 0.5) is 11.6 Å².